The molecule has 1 aliphatic heterocycles. The number of nitrogens with zero attached hydrogens (tertiary/aromatic N) is 3. The quantitative estimate of drug-likeness (QED) is 0.781. The number of hydrogen-bond acceptors (Lipinski definition) is 3. The van der Waals surface area contributed by atoms with E-state index >= 15 is 0 Å². The van der Waals surface area contributed by atoms with Gasteiger partial charge in [-0.2, -0.15) is 5.10 Å². The lowest BCUT2D eigenvalue weighted by Gasteiger charge is -2.30. The van der Waals surface area contributed by atoms with Crippen molar-refractivity contribution in [2.24, 2.45) is 0 Å². The van der Waals surface area contributed by atoms with Crippen LogP contribution in [0.5, 0.6) is 0 Å². The SMILES string of the molecule is CCc1n[nH]c(=S)n1C1CCCN(C)C1. The summed E-state index contributed by atoms with van der Waals surface area (Å²) in [5, 5.41) is 7.16. The Bertz CT molecular complexity index is 381. The van der Waals surface area contributed by atoms with E-state index in [9.17, 15) is 0 Å². The van der Waals surface area contributed by atoms with Gasteiger partial charge in [-0.3, -0.25) is 9.67 Å². The third kappa shape index (κ3) is 2.13. The fourth-order valence-corrected chi connectivity index (χ4v) is 2.61. The average Bonchev–Trinajstić information content (AvgIpc) is 2.59. The molecule has 2 heterocycles. The molecule has 0 spiro atoms. The zero-order valence-corrected chi connectivity index (χ0v) is 10.2. The maximum absolute atomic E-state index is 5.28. The summed E-state index contributed by atoms with van der Waals surface area (Å²) in [5.74, 6) is 1.08. The van der Waals surface area contributed by atoms with Gasteiger partial charge in [-0.25, -0.2) is 0 Å². The Morgan fingerprint density at radius 2 is 2.40 bits per heavy atom. The van der Waals surface area contributed by atoms with Gasteiger partial charge in [0, 0.05) is 13.0 Å². The minimum Gasteiger partial charge on any atom is -0.304 e. The average molecular weight is 226 g/mol. The van der Waals surface area contributed by atoms with E-state index in [-0.39, 0.29) is 0 Å². The normalized spacial score (nSPS) is 23.2. The Balaban J connectivity index is 2.27. The number of likely N-dealkylation sites (N-methyl/N-ethyl adjacent to an activating group) is 1. The van der Waals surface area contributed by atoms with E-state index in [1.165, 1.54) is 19.4 Å². The lowest BCUT2D eigenvalue weighted by atomic mass is 10.1. The van der Waals surface area contributed by atoms with E-state index in [4.69, 9.17) is 12.2 Å². The minimum atomic E-state index is 0.505. The van der Waals surface area contributed by atoms with Crippen LogP contribution in [0.1, 0.15) is 31.6 Å². The summed E-state index contributed by atoms with van der Waals surface area (Å²) >= 11 is 5.28. The van der Waals surface area contributed by atoms with Crippen molar-refractivity contribution in [2.75, 3.05) is 20.1 Å². The second-order valence-corrected chi connectivity index (χ2v) is 4.61. The molecule has 0 amide bonds. The Morgan fingerprint density at radius 3 is 3.07 bits per heavy atom. The second kappa shape index (κ2) is 4.45. The van der Waals surface area contributed by atoms with Gasteiger partial charge in [0.2, 0.25) is 0 Å². The van der Waals surface area contributed by atoms with E-state index < -0.39 is 0 Å². The molecular formula is C10H18N4S. The first-order valence-corrected chi connectivity index (χ1v) is 5.97. The van der Waals surface area contributed by atoms with E-state index in [1.807, 2.05) is 0 Å². The van der Waals surface area contributed by atoms with Crippen LogP contribution in [0.2, 0.25) is 0 Å². The van der Waals surface area contributed by atoms with Gasteiger partial charge in [0.15, 0.2) is 4.77 Å². The van der Waals surface area contributed by atoms with Gasteiger partial charge in [-0.15, -0.1) is 0 Å². The first-order chi connectivity index (χ1) is 7.22. The molecule has 5 heteroatoms. The smallest absolute Gasteiger partial charge is 0.195 e. The second-order valence-electron chi connectivity index (χ2n) is 4.23. The first kappa shape index (κ1) is 10.8. The van der Waals surface area contributed by atoms with Crippen molar-refractivity contribution in [3.05, 3.63) is 10.6 Å². The number of likely N-dealkylation sites (tertiary alicyclic amines) is 1. The predicted molar refractivity (Wildman–Crippen MR) is 62.6 cm³/mol. The summed E-state index contributed by atoms with van der Waals surface area (Å²) in [6.07, 6.45) is 3.40. The first-order valence-electron chi connectivity index (χ1n) is 5.56. The summed E-state index contributed by atoms with van der Waals surface area (Å²) in [5.41, 5.74) is 0. The molecule has 2 rings (SSSR count). The largest absolute Gasteiger partial charge is 0.304 e. The monoisotopic (exact) mass is 226 g/mol. The van der Waals surface area contributed by atoms with Crippen molar-refractivity contribution >= 4 is 12.2 Å². The number of rotatable bonds is 2. The molecular weight excluding hydrogens is 208 g/mol. The number of aromatic nitrogens is 3. The summed E-state index contributed by atoms with van der Waals surface area (Å²) in [6, 6.07) is 0.505. The summed E-state index contributed by atoms with van der Waals surface area (Å²) in [4.78, 5) is 2.36. The molecule has 1 aromatic heterocycles. The molecule has 1 aromatic rings. The van der Waals surface area contributed by atoms with Gasteiger partial charge >= 0.3 is 0 Å². The third-order valence-electron chi connectivity index (χ3n) is 3.06. The van der Waals surface area contributed by atoms with Crippen LogP contribution in [-0.4, -0.2) is 39.8 Å². The lowest BCUT2D eigenvalue weighted by molar-refractivity contribution is 0.208. The highest BCUT2D eigenvalue weighted by Gasteiger charge is 2.21. The number of hydrogen-bond donors (Lipinski definition) is 1. The van der Waals surface area contributed by atoms with Crippen molar-refractivity contribution in [3.8, 4) is 0 Å². The highest BCUT2D eigenvalue weighted by molar-refractivity contribution is 7.71. The topological polar surface area (TPSA) is 36.9 Å². The Hall–Kier alpha value is -0.680. The molecule has 1 fully saturated rings. The number of H-pyrrole nitrogens is 1. The van der Waals surface area contributed by atoms with E-state index in [1.54, 1.807) is 0 Å². The number of nitrogens with one attached hydrogen (secondary N) is 1. The third-order valence-corrected chi connectivity index (χ3v) is 3.35. The van der Waals surface area contributed by atoms with Gasteiger partial charge in [0.05, 0.1) is 6.04 Å². The Labute approximate surface area is 95.3 Å². The minimum absolute atomic E-state index is 0.505. The molecule has 1 aliphatic rings. The number of piperidine rings is 1. The van der Waals surface area contributed by atoms with Gasteiger partial charge in [0.1, 0.15) is 5.82 Å². The molecule has 1 unspecified atom stereocenters. The van der Waals surface area contributed by atoms with E-state index in [2.05, 4.69) is 33.6 Å². The molecule has 1 atom stereocenters. The molecule has 0 saturated carbocycles. The van der Waals surface area contributed by atoms with Crippen LogP contribution >= 0.6 is 12.2 Å². The van der Waals surface area contributed by atoms with E-state index in [0.29, 0.717) is 6.04 Å². The fraction of sp³-hybridized carbons (Fsp3) is 0.800. The zero-order valence-electron chi connectivity index (χ0n) is 9.36. The van der Waals surface area contributed by atoms with Crippen LogP contribution < -0.4 is 0 Å². The van der Waals surface area contributed by atoms with Gasteiger partial charge in [-0.1, -0.05) is 6.92 Å². The maximum Gasteiger partial charge on any atom is 0.195 e. The molecule has 4 nitrogen and oxygen atoms in total. The Kier molecular flexibility index (Phi) is 3.21. The molecule has 1 N–H and O–H groups in total. The van der Waals surface area contributed by atoms with E-state index in [0.717, 1.165) is 23.6 Å². The van der Waals surface area contributed by atoms with Gasteiger partial charge in [-0.05, 0) is 38.7 Å². The van der Waals surface area contributed by atoms with Crippen molar-refractivity contribution in [1.82, 2.24) is 19.7 Å². The van der Waals surface area contributed by atoms with Crippen LogP contribution in [0.3, 0.4) is 0 Å². The Morgan fingerprint density at radius 1 is 1.60 bits per heavy atom. The standard InChI is InChI=1S/C10H18N4S/c1-3-9-11-12-10(15)14(9)8-5-4-6-13(2)7-8/h8H,3-7H2,1-2H3,(H,12,15). The van der Waals surface area contributed by atoms with Gasteiger partial charge in [0.25, 0.3) is 0 Å². The summed E-state index contributed by atoms with van der Waals surface area (Å²) < 4.78 is 2.97. The molecule has 0 aromatic carbocycles. The van der Waals surface area contributed by atoms with Crippen LogP contribution in [0.15, 0.2) is 0 Å². The number of aromatic amines is 1. The van der Waals surface area contributed by atoms with Crippen LogP contribution in [0.4, 0.5) is 0 Å². The van der Waals surface area contributed by atoms with Crippen LogP contribution in [0, 0.1) is 4.77 Å². The highest BCUT2D eigenvalue weighted by atomic mass is 32.1. The lowest BCUT2D eigenvalue weighted by Crippen LogP contribution is -2.34. The van der Waals surface area contributed by atoms with Crippen molar-refractivity contribution in [2.45, 2.75) is 32.2 Å². The van der Waals surface area contributed by atoms with Gasteiger partial charge < -0.3 is 4.90 Å². The molecule has 84 valence electrons. The van der Waals surface area contributed by atoms with Crippen LogP contribution in [-0.2, 0) is 6.42 Å². The maximum atomic E-state index is 5.28. The number of aryl methyl sites for hydroxylation is 1. The highest BCUT2D eigenvalue weighted by Crippen LogP contribution is 2.22. The molecule has 0 aliphatic carbocycles. The zero-order chi connectivity index (χ0) is 10.8. The van der Waals surface area contributed by atoms with Crippen molar-refractivity contribution in [3.63, 3.8) is 0 Å². The summed E-state index contributed by atoms with van der Waals surface area (Å²) in [6.45, 7) is 4.40. The molecule has 1 saturated heterocycles. The molecule has 0 bridgehead atoms. The van der Waals surface area contributed by atoms with Crippen molar-refractivity contribution in [1.29, 1.82) is 0 Å². The van der Waals surface area contributed by atoms with Crippen molar-refractivity contribution < 1.29 is 0 Å². The fourth-order valence-electron chi connectivity index (χ4n) is 2.31. The molecule has 0 radical (unpaired) electrons. The van der Waals surface area contributed by atoms with Crippen LogP contribution in [0.25, 0.3) is 0 Å². The molecule has 15 heavy (non-hydrogen) atoms. The predicted octanol–water partition coefficient (Wildman–Crippen LogP) is 1.77. The summed E-state index contributed by atoms with van der Waals surface area (Å²) in [7, 11) is 2.17.